The molecule has 6 aliphatic carbocycles. The monoisotopic (exact) mass is 566 g/mol. The Labute approximate surface area is 252 Å². The van der Waals surface area contributed by atoms with E-state index in [1.807, 2.05) is 0 Å². The van der Waals surface area contributed by atoms with E-state index in [4.69, 9.17) is 20.7 Å². The maximum atomic E-state index is 8.86. The molecule has 13 atom stereocenters. The number of rotatable bonds is 4. The number of fused-ring (bicyclic) bond motifs is 7. The molecule has 0 bridgehead atoms. The van der Waals surface area contributed by atoms with Gasteiger partial charge in [0.25, 0.3) is 6.26 Å². The molecule has 0 aromatic heterocycles. The van der Waals surface area contributed by atoms with E-state index in [1.54, 1.807) is 6.26 Å². The minimum absolute atomic E-state index is 0. The number of nitrogens with two attached hydrogens (primary N) is 2. The van der Waals surface area contributed by atoms with E-state index in [0.29, 0.717) is 40.4 Å². The molecule has 4 N–H and O–H groups in total. The van der Waals surface area contributed by atoms with Gasteiger partial charge in [0.2, 0.25) is 0 Å². The summed E-state index contributed by atoms with van der Waals surface area (Å²) in [6, 6.07) is 0.320. The van der Waals surface area contributed by atoms with Crippen molar-refractivity contribution >= 4 is 6.21 Å². The quantitative estimate of drug-likeness (QED) is 0.204. The Balaban J connectivity index is 0.00000126. The highest BCUT2D eigenvalue weighted by molar-refractivity contribution is 5.68. The molecule has 5 nitrogen and oxygen atoms in total. The van der Waals surface area contributed by atoms with Gasteiger partial charge in [-0.3, -0.25) is 4.99 Å². The van der Waals surface area contributed by atoms with Crippen molar-refractivity contribution in [2.45, 2.75) is 131 Å². The van der Waals surface area contributed by atoms with E-state index < -0.39 is 0 Å². The molecule has 13 unspecified atom stereocenters. The van der Waals surface area contributed by atoms with Gasteiger partial charge in [-0.05, 0) is 130 Å². The Hall–Kier alpha value is -1.38. The van der Waals surface area contributed by atoms with Crippen molar-refractivity contribution in [1.29, 1.82) is 5.26 Å². The third kappa shape index (κ3) is 4.73. The second-order valence-electron chi connectivity index (χ2n) is 15.7. The summed E-state index contributed by atoms with van der Waals surface area (Å²) >= 11 is 0. The molecule has 0 heterocycles. The van der Waals surface area contributed by atoms with Gasteiger partial charge in [-0.1, -0.05) is 55.0 Å². The SMILES string of the molecule is C.C=C(OC#N)C1CC(N=CC23CCCC2C2(N)CCC4C5(C)CCC(C)C(C)C5CCC4(C)C2CC3)C1C.CN. The number of allylic oxidation sites excluding steroid dienone is 1. The van der Waals surface area contributed by atoms with E-state index in [1.165, 1.54) is 77.7 Å². The standard InChI is InChI=1S/C34H53N3O.CH5N.CH4/c1-21-9-14-31(5)26(22(21)2)10-15-32(6)28(31)12-17-34(36)29(32)11-16-33(13-7-8-30(33)34)19-37-27-18-25(23(27)3)24(4)38-20-35;1-2;/h19,21-23,25-30H,4,7-18,36H2,1-3,5-6H3;2H2,1H3;1H4. The topological polar surface area (TPSA) is 97.4 Å². The van der Waals surface area contributed by atoms with Gasteiger partial charge in [0.15, 0.2) is 0 Å². The first-order valence-electron chi connectivity index (χ1n) is 16.7. The second-order valence-corrected chi connectivity index (χ2v) is 15.7. The van der Waals surface area contributed by atoms with Crippen LogP contribution >= 0.6 is 0 Å². The van der Waals surface area contributed by atoms with Gasteiger partial charge >= 0.3 is 0 Å². The highest BCUT2D eigenvalue weighted by Gasteiger charge is 2.68. The molecule has 0 aromatic carbocycles. The number of hydrogen-bond donors (Lipinski definition) is 2. The summed E-state index contributed by atoms with van der Waals surface area (Å²) in [5.41, 5.74) is 13.3. The minimum atomic E-state index is -0.0362. The van der Waals surface area contributed by atoms with Crippen LogP contribution in [0.25, 0.3) is 0 Å². The summed E-state index contributed by atoms with van der Waals surface area (Å²) in [6.45, 7) is 16.7. The minimum Gasteiger partial charge on any atom is -0.393 e. The highest BCUT2D eigenvalue weighted by atomic mass is 16.5. The molecule has 6 saturated carbocycles. The second kappa shape index (κ2) is 11.6. The van der Waals surface area contributed by atoms with Gasteiger partial charge in [0, 0.05) is 23.1 Å². The number of nitriles is 1. The zero-order valence-electron chi connectivity index (χ0n) is 26.4. The van der Waals surface area contributed by atoms with Crippen LogP contribution in [-0.4, -0.2) is 24.8 Å². The molecular weight excluding hydrogens is 504 g/mol. The summed E-state index contributed by atoms with van der Waals surface area (Å²) in [5, 5.41) is 8.86. The lowest BCUT2D eigenvalue weighted by Gasteiger charge is -2.70. The molecule has 0 amide bonds. The average molecular weight is 567 g/mol. The van der Waals surface area contributed by atoms with Crippen LogP contribution in [0.3, 0.4) is 0 Å². The molecule has 0 saturated heterocycles. The van der Waals surface area contributed by atoms with E-state index >= 15 is 0 Å². The summed E-state index contributed by atoms with van der Waals surface area (Å²) in [7, 11) is 1.50. The van der Waals surface area contributed by atoms with E-state index in [2.05, 4.69) is 53.1 Å². The van der Waals surface area contributed by atoms with Gasteiger partial charge < -0.3 is 16.2 Å². The Morgan fingerprint density at radius 1 is 0.902 bits per heavy atom. The fourth-order valence-electron chi connectivity index (χ4n) is 12.3. The summed E-state index contributed by atoms with van der Waals surface area (Å²) in [4.78, 5) is 5.25. The molecule has 0 aromatic rings. The van der Waals surface area contributed by atoms with Crippen molar-refractivity contribution in [3.63, 3.8) is 0 Å². The lowest BCUT2D eigenvalue weighted by Crippen LogP contribution is -2.70. The number of aliphatic imine (C=N–C) groups is 1. The van der Waals surface area contributed by atoms with Crippen LogP contribution in [0, 0.1) is 75.1 Å². The van der Waals surface area contributed by atoms with Gasteiger partial charge in [0.1, 0.15) is 5.76 Å². The molecule has 232 valence electrons. The Morgan fingerprint density at radius 3 is 2.27 bits per heavy atom. The highest BCUT2D eigenvalue weighted by Crippen LogP contribution is 2.72. The summed E-state index contributed by atoms with van der Waals surface area (Å²) in [6.07, 6.45) is 19.8. The third-order valence-electron chi connectivity index (χ3n) is 14.6. The first-order chi connectivity index (χ1) is 19.0. The van der Waals surface area contributed by atoms with Crippen LogP contribution < -0.4 is 11.5 Å². The van der Waals surface area contributed by atoms with Crippen LogP contribution in [0.5, 0.6) is 0 Å². The van der Waals surface area contributed by atoms with Crippen LogP contribution in [0.1, 0.15) is 119 Å². The van der Waals surface area contributed by atoms with Crippen molar-refractivity contribution in [2.24, 2.45) is 80.0 Å². The van der Waals surface area contributed by atoms with E-state index in [0.717, 1.165) is 30.1 Å². The van der Waals surface area contributed by atoms with Gasteiger partial charge in [0.05, 0.1) is 6.04 Å². The average Bonchev–Trinajstić information content (AvgIpc) is 3.37. The van der Waals surface area contributed by atoms with Crippen LogP contribution in [0.4, 0.5) is 0 Å². The maximum Gasteiger partial charge on any atom is 0.291 e. The van der Waals surface area contributed by atoms with Crippen molar-refractivity contribution in [2.75, 3.05) is 7.05 Å². The van der Waals surface area contributed by atoms with Crippen molar-refractivity contribution in [1.82, 2.24) is 0 Å². The number of ether oxygens (including phenoxy) is 1. The zero-order valence-corrected chi connectivity index (χ0v) is 26.4. The largest absolute Gasteiger partial charge is 0.393 e. The molecule has 41 heavy (non-hydrogen) atoms. The fourth-order valence-corrected chi connectivity index (χ4v) is 12.3. The van der Waals surface area contributed by atoms with E-state index in [-0.39, 0.29) is 24.3 Å². The molecule has 6 aliphatic rings. The molecule has 6 rings (SSSR count). The summed E-state index contributed by atoms with van der Waals surface area (Å²) in [5.74, 6) is 5.97. The van der Waals surface area contributed by atoms with Crippen LogP contribution in [0.2, 0.25) is 0 Å². The third-order valence-corrected chi connectivity index (χ3v) is 14.6. The summed E-state index contributed by atoms with van der Waals surface area (Å²) < 4.78 is 5.05. The molecule has 0 spiro atoms. The van der Waals surface area contributed by atoms with Gasteiger partial charge in [-0.15, -0.1) is 5.26 Å². The molecule has 5 heteroatoms. The maximum absolute atomic E-state index is 8.86. The Morgan fingerprint density at radius 2 is 1.59 bits per heavy atom. The molecular formula is C36H62N4O. The first kappa shape index (κ1) is 32.5. The van der Waals surface area contributed by atoms with Crippen LogP contribution in [-0.2, 0) is 4.74 Å². The van der Waals surface area contributed by atoms with Crippen molar-refractivity contribution in [3.05, 3.63) is 12.3 Å². The first-order valence-corrected chi connectivity index (χ1v) is 16.7. The van der Waals surface area contributed by atoms with Gasteiger partial charge in [-0.2, -0.15) is 0 Å². The van der Waals surface area contributed by atoms with E-state index in [9.17, 15) is 0 Å². The van der Waals surface area contributed by atoms with Crippen molar-refractivity contribution < 1.29 is 4.74 Å². The smallest absolute Gasteiger partial charge is 0.291 e. The lowest BCUT2D eigenvalue weighted by atomic mass is 9.36. The normalized spacial score (nSPS) is 51.6. The zero-order chi connectivity index (χ0) is 29.1. The number of hydrogen-bond acceptors (Lipinski definition) is 5. The van der Waals surface area contributed by atoms with Gasteiger partial charge in [-0.25, -0.2) is 0 Å². The van der Waals surface area contributed by atoms with Crippen molar-refractivity contribution in [3.8, 4) is 6.26 Å². The lowest BCUT2D eigenvalue weighted by molar-refractivity contribution is -0.189. The Kier molecular flexibility index (Phi) is 9.21. The molecule has 0 radical (unpaired) electrons. The predicted molar refractivity (Wildman–Crippen MR) is 171 cm³/mol. The van der Waals surface area contributed by atoms with Crippen LogP contribution in [0.15, 0.2) is 17.3 Å². The molecule has 0 aliphatic heterocycles. The molecule has 6 fully saturated rings. The predicted octanol–water partition coefficient (Wildman–Crippen LogP) is 8.10. The fraction of sp³-hybridized carbons (Fsp3) is 0.889. The Bertz CT molecular complexity index is 1040. The number of nitrogens with zero attached hydrogens (tertiary/aromatic N) is 2.